The summed E-state index contributed by atoms with van der Waals surface area (Å²) in [7, 11) is 0. The number of nitrogens with zero attached hydrogens (tertiary/aromatic N) is 3. The van der Waals surface area contributed by atoms with Gasteiger partial charge in [0.2, 0.25) is 0 Å². The maximum absolute atomic E-state index is 4.37. The van der Waals surface area contributed by atoms with E-state index in [0.29, 0.717) is 0 Å². The van der Waals surface area contributed by atoms with Crippen LogP contribution in [0.5, 0.6) is 0 Å². The number of pyridine rings is 1. The molecule has 2 rings (SSSR count). The van der Waals surface area contributed by atoms with Gasteiger partial charge < -0.3 is 5.32 Å². The van der Waals surface area contributed by atoms with Crippen molar-refractivity contribution in [2.75, 3.05) is 6.54 Å². The van der Waals surface area contributed by atoms with Gasteiger partial charge in [-0.25, -0.2) is 0 Å². The standard InChI is InChI=1S/C13H18N4S/c1-4-7-14-12(13-10(3)16-17-18-13)11-6-5-9(2)15-8-11/h5-6,8,12,14H,4,7H2,1-3H3. The molecule has 0 aliphatic heterocycles. The lowest BCUT2D eigenvalue weighted by molar-refractivity contribution is 0.601. The molecular weight excluding hydrogens is 244 g/mol. The summed E-state index contributed by atoms with van der Waals surface area (Å²) in [5.41, 5.74) is 3.20. The van der Waals surface area contributed by atoms with Gasteiger partial charge in [0, 0.05) is 11.9 Å². The molecule has 5 heteroatoms. The highest BCUT2D eigenvalue weighted by Crippen LogP contribution is 2.26. The number of rotatable bonds is 5. The van der Waals surface area contributed by atoms with Crippen LogP contribution in [0.15, 0.2) is 18.3 Å². The first-order valence-electron chi connectivity index (χ1n) is 6.17. The molecule has 0 aliphatic carbocycles. The molecule has 0 aliphatic rings. The summed E-state index contributed by atoms with van der Waals surface area (Å²) in [5, 5.41) is 7.64. The quantitative estimate of drug-likeness (QED) is 0.900. The second kappa shape index (κ2) is 6.02. The highest BCUT2D eigenvalue weighted by Gasteiger charge is 2.18. The van der Waals surface area contributed by atoms with Crippen LogP contribution in [-0.4, -0.2) is 21.1 Å². The molecule has 0 bridgehead atoms. The summed E-state index contributed by atoms with van der Waals surface area (Å²) in [6.07, 6.45) is 3.03. The Morgan fingerprint density at radius 2 is 2.17 bits per heavy atom. The zero-order chi connectivity index (χ0) is 13.0. The maximum Gasteiger partial charge on any atom is 0.0776 e. The van der Waals surface area contributed by atoms with Gasteiger partial charge in [0.25, 0.3) is 0 Å². The molecular formula is C13H18N4S. The number of hydrogen-bond donors (Lipinski definition) is 1. The van der Waals surface area contributed by atoms with Gasteiger partial charge in [0.15, 0.2) is 0 Å². The molecule has 2 aromatic heterocycles. The van der Waals surface area contributed by atoms with Crippen LogP contribution in [0, 0.1) is 13.8 Å². The monoisotopic (exact) mass is 262 g/mol. The summed E-state index contributed by atoms with van der Waals surface area (Å²) in [6, 6.07) is 4.31. The van der Waals surface area contributed by atoms with E-state index >= 15 is 0 Å². The Morgan fingerprint density at radius 3 is 2.72 bits per heavy atom. The molecule has 2 aromatic rings. The number of aromatic nitrogens is 3. The number of hydrogen-bond acceptors (Lipinski definition) is 5. The average molecular weight is 262 g/mol. The van der Waals surface area contributed by atoms with Crippen LogP contribution >= 0.6 is 11.5 Å². The second-order valence-electron chi connectivity index (χ2n) is 4.34. The van der Waals surface area contributed by atoms with E-state index in [1.54, 1.807) is 0 Å². The Morgan fingerprint density at radius 1 is 1.33 bits per heavy atom. The van der Waals surface area contributed by atoms with Gasteiger partial charge in [-0.3, -0.25) is 4.98 Å². The predicted molar refractivity (Wildman–Crippen MR) is 73.8 cm³/mol. The van der Waals surface area contributed by atoms with Gasteiger partial charge in [-0.05, 0) is 50.0 Å². The topological polar surface area (TPSA) is 50.7 Å². The maximum atomic E-state index is 4.37. The van der Waals surface area contributed by atoms with Gasteiger partial charge in [-0.15, -0.1) is 5.10 Å². The summed E-state index contributed by atoms with van der Waals surface area (Å²) in [5.74, 6) is 0. The second-order valence-corrected chi connectivity index (χ2v) is 5.13. The molecule has 0 radical (unpaired) electrons. The van der Waals surface area contributed by atoms with E-state index < -0.39 is 0 Å². The van der Waals surface area contributed by atoms with E-state index in [0.717, 1.165) is 24.4 Å². The predicted octanol–water partition coefficient (Wildman–Crippen LogP) is 2.64. The van der Waals surface area contributed by atoms with Crippen LogP contribution in [0.1, 0.15) is 41.2 Å². The minimum absolute atomic E-state index is 0.151. The first kappa shape index (κ1) is 13.1. The molecule has 1 N–H and O–H groups in total. The van der Waals surface area contributed by atoms with Gasteiger partial charge in [-0.1, -0.05) is 17.5 Å². The molecule has 18 heavy (non-hydrogen) atoms. The molecule has 0 amide bonds. The van der Waals surface area contributed by atoms with Crippen molar-refractivity contribution in [3.05, 3.63) is 40.2 Å². The summed E-state index contributed by atoms with van der Waals surface area (Å²) in [4.78, 5) is 5.55. The minimum Gasteiger partial charge on any atom is -0.305 e. The van der Waals surface area contributed by atoms with Crippen molar-refractivity contribution in [1.82, 2.24) is 19.9 Å². The van der Waals surface area contributed by atoms with Gasteiger partial charge in [0.1, 0.15) is 0 Å². The van der Waals surface area contributed by atoms with Crippen molar-refractivity contribution in [1.29, 1.82) is 0 Å². The Bertz CT molecular complexity index is 492. The van der Waals surface area contributed by atoms with E-state index in [1.807, 2.05) is 26.1 Å². The van der Waals surface area contributed by atoms with Crippen LogP contribution in [0.3, 0.4) is 0 Å². The van der Waals surface area contributed by atoms with Crippen molar-refractivity contribution >= 4 is 11.5 Å². The number of nitrogens with one attached hydrogen (secondary N) is 1. The van der Waals surface area contributed by atoms with Gasteiger partial charge >= 0.3 is 0 Å². The Labute approximate surface area is 112 Å². The molecule has 1 unspecified atom stereocenters. The Kier molecular flexibility index (Phi) is 4.38. The van der Waals surface area contributed by atoms with Crippen molar-refractivity contribution in [3.8, 4) is 0 Å². The van der Waals surface area contributed by atoms with E-state index in [-0.39, 0.29) is 6.04 Å². The average Bonchev–Trinajstić information content (AvgIpc) is 2.78. The summed E-state index contributed by atoms with van der Waals surface area (Å²) < 4.78 is 4.03. The summed E-state index contributed by atoms with van der Waals surface area (Å²) in [6.45, 7) is 7.13. The third-order valence-electron chi connectivity index (χ3n) is 2.81. The van der Waals surface area contributed by atoms with Crippen molar-refractivity contribution in [3.63, 3.8) is 0 Å². The first-order chi connectivity index (χ1) is 8.72. The molecule has 2 heterocycles. The van der Waals surface area contributed by atoms with Crippen LogP contribution < -0.4 is 5.32 Å². The highest BCUT2D eigenvalue weighted by molar-refractivity contribution is 7.05. The zero-order valence-corrected chi connectivity index (χ0v) is 11.8. The Hall–Kier alpha value is -1.33. The lowest BCUT2D eigenvalue weighted by Gasteiger charge is -2.17. The van der Waals surface area contributed by atoms with Gasteiger partial charge in [-0.2, -0.15) is 0 Å². The SMILES string of the molecule is CCCNC(c1ccc(C)nc1)c1snnc1C. The van der Waals surface area contributed by atoms with E-state index in [1.165, 1.54) is 22.0 Å². The molecule has 4 nitrogen and oxygen atoms in total. The van der Waals surface area contributed by atoms with Crippen LogP contribution in [-0.2, 0) is 0 Å². The molecule has 96 valence electrons. The highest BCUT2D eigenvalue weighted by atomic mass is 32.1. The zero-order valence-electron chi connectivity index (χ0n) is 11.0. The summed E-state index contributed by atoms with van der Waals surface area (Å²) >= 11 is 1.46. The van der Waals surface area contributed by atoms with E-state index in [9.17, 15) is 0 Å². The van der Waals surface area contributed by atoms with Crippen LogP contribution in [0.25, 0.3) is 0 Å². The van der Waals surface area contributed by atoms with Crippen molar-refractivity contribution in [2.24, 2.45) is 0 Å². The fraction of sp³-hybridized carbons (Fsp3) is 0.462. The molecule has 1 atom stereocenters. The van der Waals surface area contributed by atoms with E-state index in [4.69, 9.17) is 0 Å². The minimum atomic E-state index is 0.151. The van der Waals surface area contributed by atoms with Crippen molar-refractivity contribution < 1.29 is 0 Å². The van der Waals surface area contributed by atoms with Crippen LogP contribution in [0.2, 0.25) is 0 Å². The molecule has 0 saturated carbocycles. The molecule has 0 spiro atoms. The third-order valence-corrected chi connectivity index (χ3v) is 3.71. The van der Waals surface area contributed by atoms with Crippen molar-refractivity contribution in [2.45, 2.75) is 33.2 Å². The fourth-order valence-electron chi connectivity index (χ4n) is 1.80. The molecule has 0 aromatic carbocycles. The Balaban J connectivity index is 2.30. The molecule has 0 fully saturated rings. The molecule has 0 saturated heterocycles. The normalized spacial score (nSPS) is 12.6. The van der Waals surface area contributed by atoms with Gasteiger partial charge in [0.05, 0.1) is 16.6 Å². The number of aryl methyl sites for hydroxylation is 2. The van der Waals surface area contributed by atoms with Crippen LogP contribution in [0.4, 0.5) is 0 Å². The smallest absolute Gasteiger partial charge is 0.0776 e. The fourth-order valence-corrected chi connectivity index (χ4v) is 2.55. The lowest BCUT2D eigenvalue weighted by atomic mass is 10.1. The lowest BCUT2D eigenvalue weighted by Crippen LogP contribution is -2.23. The van der Waals surface area contributed by atoms with E-state index in [2.05, 4.69) is 32.9 Å². The largest absolute Gasteiger partial charge is 0.305 e. The third kappa shape index (κ3) is 2.91. The first-order valence-corrected chi connectivity index (χ1v) is 6.94.